The van der Waals surface area contributed by atoms with Crippen molar-refractivity contribution in [1.82, 2.24) is 15.5 Å². The van der Waals surface area contributed by atoms with Crippen LogP contribution in [0.15, 0.2) is 27.6 Å². The van der Waals surface area contributed by atoms with Crippen LogP contribution in [0.5, 0.6) is 0 Å². The SMILES string of the molecule is Cc1cc(C[C@@H]2COC[C@@H]2NC(=O)c2c[nH]c(=O)c(Cl)c2)on1. The summed E-state index contributed by atoms with van der Waals surface area (Å²) in [5.74, 6) is 0.561. The third-order valence-corrected chi connectivity index (χ3v) is 4.06. The summed E-state index contributed by atoms with van der Waals surface area (Å²) in [4.78, 5) is 25.9. The van der Waals surface area contributed by atoms with Crippen LogP contribution in [-0.4, -0.2) is 35.3 Å². The van der Waals surface area contributed by atoms with Gasteiger partial charge in [-0.2, -0.15) is 0 Å². The lowest BCUT2D eigenvalue weighted by Crippen LogP contribution is -2.40. The van der Waals surface area contributed by atoms with Crippen LogP contribution in [0, 0.1) is 12.8 Å². The number of aromatic amines is 1. The molecule has 1 amide bonds. The molecule has 0 aliphatic carbocycles. The number of nitrogens with one attached hydrogen (secondary N) is 2. The number of pyridine rings is 1. The van der Waals surface area contributed by atoms with E-state index in [0.29, 0.717) is 25.2 Å². The highest BCUT2D eigenvalue weighted by atomic mass is 35.5. The van der Waals surface area contributed by atoms with E-state index in [1.54, 1.807) is 0 Å². The monoisotopic (exact) mass is 337 g/mol. The first kappa shape index (κ1) is 15.8. The minimum Gasteiger partial charge on any atom is -0.379 e. The van der Waals surface area contributed by atoms with Gasteiger partial charge < -0.3 is 19.6 Å². The molecular weight excluding hydrogens is 322 g/mol. The van der Waals surface area contributed by atoms with Crippen molar-refractivity contribution in [3.05, 3.63) is 50.7 Å². The Balaban J connectivity index is 1.66. The van der Waals surface area contributed by atoms with Crippen LogP contribution >= 0.6 is 11.6 Å². The third-order valence-electron chi connectivity index (χ3n) is 3.78. The van der Waals surface area contributed by atoms with E-state index < -0.39 is 5.56 Å². The topological polar surface area (TPSA) is 97.2 Å². The standard InChI is InChI=1S/C15H16ClN3O4/c1-8-2-11(23-19-8)3-10-6-22-7-13(10)18-14(20)9-4-12(16)15(21)17-5-9/h2,4-5,10,13H,3,6-7H2,1H3,(H,17,21)(H,18,20)/t10-,13+/m1/s1. The second-order valence-corrected chi connectivity index (χ2v) is 5.99. The van der Waals surface area contributed by atoms with Crippen LogP contribution in [0.4, 0.5) is 0 Å². The Morgan fingerprint density at radius 2 is 2.30 bits per heavy atom. The zero-order valence-electron chi connectivity index (χ0n) is 12.5. The lowest BCUT2D eigenvalue weighted by molar-refractivity contribution is 0.0924. The molecule has 0 radical (unpaired) electrons. The van der Waals surface area contributed by atoms with Gasteiger partial charge in [0.2, 0.25) is 0 Å². The number of aryl methyl sites for hydroxylation is 1. The van der Waals surface area contributed by atoms with Crippen LogP contribution in [-0.2, 0) is 11.2 Å². The Bertz CT molecular complexity index is 770. The largest absolute Gasteiger partial charge is 0.379 e. The molecule has 23 heavy (non-hydrogen) atoms. The molecule has 2 N–H and O–H groups in total. The molecular formula is C15H16ClN3O4. The maximum absolute atomic E-state index is 12.3. The summed E-state index contributed by atoms with van der Waals surface area (Å²) >= 11 is 5.75. The van der Waals surface area contributed by atoms with E-state index in [0.717, 1.165) is 11.5 Å². The minimum absolute atomic E-state index is 0.0194. The van der Waals surface area contributed by atoms with Gasteiger partial charge in [-0.15, -0.1) is 0 Å². The van der Waals surface area contributed by atoms with Crippen LogP contribution in [0.1, 0.15) is 21.8 Å². The first-order valence-corrected chi connectivity index (χ1v) is 7.60. The molecule has 0 saturated carbocycles. The van der Waals surface area contributed by atoms with Gasteiger partial charge in [-0.25, -0.2) is 0 Å². The summed E-state index contributed by atoms with van der Waals surface area (Å²) in [6, 6.07) is 3.08. The number of carbonyl (C=O) groups excluding carboxylic acids is 1. The van der Waals surface area contributed by atoms with E-state index in [-0.39, 0.29) is 22.9 Å². The highest BCUT2D eigenvalue weighted by molar-refractivity contribution is 6.30. The Morgan fingerprint density at radius 1 is 1.48 bits per heavy atom. The van der Waals surface area contributed by atoms with Gasteiger partial charge in [0.05, 0.1) is 30.5 Å². The lowest BCUT2D eigenvalue weighted by atomic mass is 9.98. The summed E-state index contributed by atoms with van der Waals surface area (Å²) in [6.07, 6.45) is 1.98. The number of aromatic nitrogens is 2. The maximum Gasteiger partial charge on any atom is 0.266 e. The molecule has 2 aromatic heterocycles. The van der Waals surface area contributed by atoms with Crippen molar-refractivity contribution in [3.63, 3.8) is 0 Å². The maximum atomic E-state index is 12.3. The summed E-state index contributed by atoms with van der Waals surface area (Å²) in [5, 5.41) is 6.75. The number of hydrogen-bond acceptors (Lipinski definition) is 5. The quantitative estimate of drug-likeness (QED) is 0.876. The summed E-state index contributed by atoms with van der Waals surface area (Å²) in [6.45, 7) is 2.83. The Morgan fingerprint density at radius 3 is 3.00 bits per heavy atom. The zero-order chi connectivity index (χ0) is 16.4. The highest BCUT2D eigenvalue weighted by Gasteiger charge is 2.31. The van der Waals surface area contributed by atoms with E-state index in [4.69, 9.17) is 20.9 Å². The molecule has 3 rings (SSSR count). The molecule has 0 spiro atoms. The highest BCUT2D eigenvalue weighted by Crippen LogP contribution is 2.20. The molecule has 1 aliphatic rings. The van der Waals surface area contributed by atoms with Gasteiger partial charge in [0.15, 0.2) is 0 Å². The van der Waals surface area contributed by atoms with Gasteiger partial charge in [0.1, 0.15) is 10.8 Å². The molecule has 3 heterocycles. The number of rotatable bonds is 4. The molecule has 7 nitrogen and oxygen atoms in total. The predicted molar refractivity (Wildman–Crippen MR) is 82.6 cm³/mol. The van der Waals surface area contributed by atoms with Crippen molar-refractivity contribution in [3.8, 4) is 0 Å². The fourth-order valence-electron chi connectivity index (χ4n) is 2.57. The molecule has 8 heteroatoms. The first-order chi connectivity index (χ1) is 11.0. The second-order valence-electron chi connectivity index (χ2n) is 5.58. The van der Waals surface area contributed by atoms with E-state index in [1.807, 2.05) is 13.0 Å². The number of halogens is 1. The number of amides is 1. The second kappa shape index (κ2) is 6.55. The number of hydrogen-bond donors (Lipinski definition) is 2. The van der Waals surface area contributed by atoms with Crippen molar-refractivity contribution in [2.45, 2.75) is 19.4 Å². The predicted octanol–water partition coefficient (Wildman–Crippen LogP) is 1.31. The van der Waals surface area contributed by atoms with Crippen LogP contribution < -0.4 is 10.9 Å². The molecule has 122 valence electrons. The van der Waals surface area contributed by atoms with Gasteiger partial charge in [-0.1, -0.05) is 16.8 Å². The lowest BCUT2D eigenvalue weighted by Gasteiger charge is -2.18. The van der Waals surface area contributed by atoms with Crippen LogP contribution in [0.25, 0.3) is 0 Å². The molecule has 2 aromatic rings. The first-order valence-electron chi connectivity index (χ1n) is 7.22. The normalized spacial score (nSPS) is 20.6. The molecule has 2 atom stereocenters. The Labute approximate surface area is 137 Å². The summed E-state index contributed by atoms with van der Waals surface area (Å²) in [5.41, 5.74) is 0.698. The molecule has 0 aromatic carbocycles. The van der Waals surface area contributed by atoms with Crippen LogP contribution in [0.3, 0.4) is 0 Å². The van der Waals surface area contributed by atoms with E-state index in [2.05, 4.69) is 15.5 Å². The van der Waals surface area contributed by atoms with Crippen LogP contribution in [0.2, 0.25) is 5.02 Å². The number of nitrogens with zero attached hydrogens (tertiary/aromatic N) is 1. The van der Waals surface area contributed by atoms with E-state index >= 15 is 0 Å². The van der Waals surface area contributed by atoms with Crippen molar-refractivity contribution >= 4 is 17.5 Å². The molecule has 1 saturated heterocycles. The summed E-state index contributed by atoms with van der Waals surface area (Å²) in [7, 11) is 0. The van der Waals surface area contributed by atoms with Gasteiger partial charge in [0, 0.05) is 24.6 Å². The molecule has 1 fully saturated rings. The van der Waals surface area contributed by atoms with Crippen molar-refractivity contribution in [2.75, 3.05) is 13.2 Å². The van der Waals surface area contributed by atoms with Gasteiger partial charge in [-0.05, 0) is 13.0 Å². The number of H-pyrrole nitrogens is 1. The van der Waals surface area contributed by atoms with E-state index in [9.17, 15) is 9.59 Å². The fraction of sp³-hybridized carbons (Fsp3) is 0.400. The molecule has 1 aliphatic heterocycles. The fourth-order valence-corrected chi connectivity index (χ4v) is 2.74. The van der Waals surface area contributed by atoms with Gasteiger partial charge in [0.25, 0.3) is 11.5 Å². The molecule has 0 unspecified atom stereocenters. The number of ether oxygens (including phenoxy) is 1. The smallest absolute Gasteiger partial charge is 0.266 e. The van der Waals surface area contributed by atoms with Gasteiger partial charge >= 0.3 is 0 Å². The average Bonchev–Trinajstić information content (AvgIpc) is 3.12. The third kappa shape index (κ3) is 3.62. The minimum atomic E-state index is -0.425. The Hall–Kier alpha value is -2.12. The van der Waals surface area contributed by atoms with Crippen molar-refractivity contribution in [1.29, 1.82) is 0 Å². The Kier molecular flexibility index (Phi) is 4.49. The average molecular weight is 338 g/mol. The molecule has 0 bridgehead atoms. The van der Waals surface area contributed by atoms with Crippen molar-refractivity contribution < 1.29 is 14.1 Å². The summed E-state index contributed by atoms with van der Waals surface area (Å²) < 4.78 is 10.7. The zero-order valence-corrected chi connectivity index (χ0v) is 13.2. The van der Waals surface area contributed by atoms with Gasteiger partial charge in [-0.3, -0.25) is 9.59 Å². The number of carbonyl (C=O) groups is 1. The van der Waals surface area contributed by atoms with Crippen molar-refractivity contribution in [2.24, 2.45) is 5.92 Å². The van der Waals surface area contributed by atoms with E-state index in [1.165, 1.54) is 12.3 Å².